The van der Waals surface area contributed by atoms with Crippen LogP contribution in [0.15, 0.2) is 24.3 Å². The van der Waals surface area contributed by atoms with Crippen molar-refractivity contribution < 1.29 is 19.3 Å². The molecule has 0 spiro atoms. The molecule has 0 bridgehead atoms. The highest BCUT2D eigenvalue weighted by molar-refractivity contribution is 5.27. The van der Waals surface area contributed by atoms with E-state index in [1.165, 1.54) is 0 Å². The summed E-state index contributed by atoms with van der Waals surface area (Å²) in [6.07, 6.45) is 2.29. The fourth-order valence-electron chi connectivity index (χ4n) is 1.86. The molecule has 0 unspecified atom stereocenters. The molecule has 4 heteroatoms. The summed E-state index contributed by atoms with van der Waals surface area (Å²) in [7, 11) is 0. The van der Waals surface area contributed by atoms with Crippen LogP contribution in [0.2, 0.25) is 0 Å². The van der Waals surface area contributed by atoms with Gasteiger partial charge in [0.05, 0.1) is 19.8 Å². The van der Waals surface area contributed by atoms with E-state index in [-0.39, 0.29) is 12.9 Å². The van der Waals surface area contributed by atoms with Gasteiger partial charge in [-0.1, -0.05) is 12.1 Å². The monoisotopic (exact) mass is 252 g/mol. The molecule has 0 aromatic heterocycles. The van der Waals surface area contributed by atoms with E-state index >= 15 is 0 Å². The van der Waals surface area contributed by atoms with E-state index < -0.39 is 0 Å². The van der Waals surface area contributed by atoms with E-state index in [9.17, 15) is 0 Å². The van der Waals surface area contributed by atoms with Crippen LogP contribution in [-0.2, 0) is 15.9 Å². The van der Waals surface area contributed by atoms with Crippen molar-refractivity contribution >= 4 is 0 Å². The van der Waals surface area contributed by atoms with Crippen LogP contribution < -0.4 is 4.74 Å². The number of aliphatic hydroxyl groups excluding tert-OH is 1. The van der Waals surface area contributed by atoms with Gasteiger partial charge in [-0.15, -0.1) is 0 Å². The van der Waals surface area contributed by atoms with E-state index in [1.807, 2.05) is 24.3 Å². The molecule has 0 radical (unpaired) electrons. The Bertz CT molecular complexity index is 330. The van der Waals surface area contributed by atoms with Crippen LogP contribution >= 0.6 is 0 Å². The number of ether oxygens (including phenoxy) is 3. The normalized spacial score (nSPS) is 16.7. The lowest BCUT2D eigenvalue weighted by Crippen LogP contribution is -2.26. The zero-order chi connectivity index (χ0) is 12.6. The summed E-state index contributed by atoms with van der Waals surface area (Å²) in [4.78, 5) is 0. The second-order valence-electron chi connectivity index (χ2n) is 4.28. The first kappa shape index (κ1) is 13.3. The highest BCUT2D eigenvalue weighted by Gasteiger charge is 2.13. The van der Waals surface area contributed by atoms with Crippen molar-refractivity contribution in [2.45, 2.75) is 25.6 Å². The first-order chi connectivity index (χ1) is 8.88. The SMILES string of the molecule is OCCc1ccc(OCCC2OCCCO2)cc1. The van der Waals surface area contributed by atoms with Gasteiger partial charge in [0.25, 0.3) is 0 Å². The Morgan fingerprint density at radius 3 is 2.56 bits per heavy atom. The van der Waals surface area contributed by atoms with Crippen LogP contribution in [0.3, 0.4) is 0 Å². The van der Waals surface area contributed by atoms with E-state index in [0.717, 1.165) is 37.4 Å². The maximum absolute atomic E-state index is 8.82. The molecule has 100 valence electrons. The second-order valence-corrected chi connectivity index (χ2v) is 4.28. The predicted octanol–water partition coefficient (Wildman–Crippen LogP) is 1.75. The maximum atomic E-state index is 8.82. The first-order valence-electron chi connectivity index (χ1n) is 6.44. The Balaban J connectivity index is 1.69. The Morgan fingerprint density at radius 2 is 1.89 bits per heavy atom. The number of rotatable bonds is 6. The van der Waals surface area contributed by atoms with Gasteiger partial charge >= 0.3 is 0 Å². The third-order valence-electron chi connectivity index (χ3n) is 2.84. The Labute approximate surface area is 107 Å². The molecule has 0 amide bonds. The first-order valence-corrected chi connectivity index (χ1v) is 6.44. The zero-order valence-electron chi connectivity index (χ0n) is 10.5. The molecular weight excluding hydrogens is 232 g/mol. The van der Waals surface area contributed by atoms with Crippen molar-refractivity contribution in [3.8, 4) is 5.75 Å². The smallest absolute Gasteiger partial charge is 0.160 e. The van der Waals surface area contributed by atoms with Crippen molar-refractivity contribution in [3.05, 3.63) is 29.8 Å². The van der Waals surface area contributed by atoms with Crippen LogP contribution in [0.4, 0.5) is 0 Å². The molecule has 0 saturated carbocycles. The fraction of sp³-hybridized carbons (Fsp3) is 0.571. The Morgan fingerprint density at radius 1 is 1.17 bits per heavy atom. The Hall–Kier alpha value is -1.10. The largest absolute Gasteiger partial charge is 0.493 e. The average molecular weight is 252 g/mol. The van der Waals surface area contributed by atoms with Gasteiger partial charge in [-0.25, -0.2) is 0 Å². The predicted molar refractivity (Wildman–Crippen MR) is 67.7 cm³/mol. The summed E-state index contributed by atoms with van der Waals surface area (Å²) in [5.41, 5.74) is 1.11. The standard InChI is InChI=1S/C14H20O4/c15-8-6-12-2-4-13(5-3-12)16-11-7-14-17-9-1-10-18-14/h2-5,14-15H,1,6-11H2. The number of benzene rings is 1. The molecule has 1 saturated heterocycles. The maximum Gasteiger partial charge on any atom is 0.160 e. The summed E-state index contributed by atoms with van der Waals surface area (Å²) < 4.78 is 16.5. The fourth-order valence-corrected chi connectivity index (χ4v) is 1.86. The van der Waals surface area contributed by atoms with Crippen LogP contribution in [0, 0.1) is 0 Å². The molecule has 2 rings (SSSR count). The minimum atomic E-state index is -0.118. The van der Waals surface area contributed by atoms with Crippen LogP contribution in [0.25, 0.3) is 0 Å². The van der Waals surface area contributed by atoms with Crippen LogP contribution in [-0.4, -0.2) is 37.8 Å². The van der Waals surface area contributed by atoms with Crippen LogP contribution in [0.1, 0.15) is 18.4 Å². The summed E-state index contributed by atoms with van der Waals surface area (Å²) >= 11 is 0. The zero-order valence-corrected chi connectivity index (χ0v) is 10.5. The molecule has 1 aromatic carbocycles. The van der Waals surface area contributed by atoms with Gasteiger partial charge in [-0.3, -0.25) is 0 Å². The molecule has 0 aliphatic carbocycles. The highest BCUT2D eigenvalue weighted by Crippen LogP contribution is 2.14. The van der Waals surface area contributed by atoms with E-state index in [0.29, 0.717) is 13.0 Å². The lowest BCUT2D eigenvalue weighted by molar-refractivity contribution is -0.183. The lowest BCUT2D eigenvalue weighted by Gasteiger charge is -2.23. The summed E-state index contributed by atoms with van der Waals surface area (Å²) in [6, 6.07) is 7.79. The van der Waals surface area contributed by atoms with Gasteiger partial charge in [0.1, 0.15) is 5.75 Å². The van der Waals surface area contributed by atoms with Crippen molar-refractivity contribution in [2.24, 2.45) is 0 Å². The van der Waals surface area contributed by atoms with Crippen molar-refractivity contribution in [1.29, 1.82) is 0 Å². The molecule has 1 aliphatic heterocycles. The molecule has 0 atom stereocenters. The molecule has 18 heavy (non-hydrogen) atoms. The van der Waals surface area contributed by atoms with E-state index in [2.05, 4.69) is 0 Å². The summed E-state index contributed by atoms with van der Waals surface area (Å²) in [5.74, 6) is 0.840. The van der Waals surface area contributed by atoms with Gasteiger partial charge in [0.15, 0.2) is 6.29 Å². The van der Waals surface area contributed by atoms with Gasteiger partial charge in [-0.05, 0) is 30.5 Å². The molecule has 1 aliphatic rings. The molecule has 1 aromatic rings. The summed E-state index contributed by atoms with van der Waals surface area (Å²) in [5, 5.41) is 8.82. The molecule has 1 N–H and O–H groups in total. The topological polar surface area (TPSA) is 47.9 Å². The van der Waals surface area contributed by atoms with Crippen molar-refractivity contribution in [3.63, 3.8) is 0 Å². The Kier molecular flexibility index (Phi) is 5.45. The van der Waals surface area contributed by atoms with Crippen molar-refractivity contribution in [2.75, 3.05) is 26.4 Å². The number of hydrogen-bond acceptors (Lipinski definition) is 4. The average Bonchev–Trinajstić information content (AvgIpc) is 2.42. The second kappa shape index (κ2) is 7.36. The van der Waals surface area contributed by atoms with Gasteiger partial charge in [0, 0.05) is 13.0 Å². The van der Waals surface area contributed by atoms with Gasteiger partial charge in [0.2, 0.25) is 0 Å². The van der Waals surface area contributed by atoms with Crippen LogP contribution in [0.5, 0.6) is 5.75 Å². The quantitative estimate of drug-likeness (QED) is 0.838. The molecule has 1 heterocycles. The van der Waals surface area contributed by atoms with E-state index in [1.54, 1.807) is 0 Å². The molecule has 1 fully saturated rings. The molecular formula is C14H20O4. The van der Waals surface area contributed by atoms with Gasteiger partial charge in [-0.2, -0.15) is 0 Å². The van der Waals surface area contributed by atoms with E-state index in [4.69, 9.17) is 19.3 Å². The van der Waals surface area contributed by atoms with Crippen molar-refractivity contribution in [1.82, 2.24) is 0 Å². The van der Waals surface area contributed by atoms with Gasteiger partial charge < -0.3 is 19.3 Å². The lowest BCUT2D eigenvalue weighted by atomic mass is 10.1. The minimum absolute atomic E-state index is 0.118. The molecule has 4 nitrogen and oxygen atoms in total. The number of aliphatic hydroxyl groups is 1. The minimum Gasteiger partial charge on any atom is -0.493 e. The summed E-state index contributed by atoms with van der Waals surface area (Å²) in [6.45, 7) is 2.32. The number of hydrogen-bond donors (Lipinski definition) is 1. The highest BCUT2D eigenvalue weighted by atomic mass is 16.7. The third-order valence-corrected chi connectivity index (χ3v) is 2.84. The third kappa shape index (κ3) is 4.29.